The first-order valence-corrected chi connectivity index (χ1v) is 11.3. The van der Waals surface area contributed by atoms with Crippen LogP contribution in [-0.2, 0) is 13.1 Å². The first kappa shape index (κ1) is 22.5. The fourth-order valence-corrected chi connectivity index (χ4v) is 5.22. The van der Waals surface area contributed by atoms with Crippen molar-refractivity contribution in [3.63, 3.8) is 0 Å². The zero-order chi connectivity index (χ0) is 22.8. The SMILES string of the molecule is COc1ccc(-c2[nH]ncc2CN(Cc2ccncc2)C2CC(C)(C)NC(C)(C)C2)cc1. The molecule has 6 heteroatoms. The van der Waals surface area contributed by atoms with Crippen LogP contribution in [0.25, 0.3) is 11.3 Å². The molecule has 1 aliphatic heterocycles. The van der Waals surface area contributed by atoms with Crippen molar-refractivity contribution >= 4 is 0 Å². The standard InChI is InChI=1S/C26H35N5O/c1-25(2)14-22(15-26(3,4)30-25)31(17-19-10-12-27-13-11-19)18-21-16-28-29-24(21)20-6-8-23(32-5)9-7-20/h6-13,16,22,30H,14-15,17-18H2,1-5H3,(H,28,29). The molecular formula is C26H35N5O. The Hall–Kier alpha value is -2.70. The van der Waals surface area contributed by atoms with Gasteiger partial charge in [0.15, 0.2) is 0 Å². The molecule has 2 N–H and O–H groups in total. The van der Waals surface area contributed by atoms with E-state index in [9.17, 15) is 0 Å². The number of H-pyrrole nitrogens is 1. The molecule has 3 aromatic rings. The van der Waals surface area contributed by atoms with Crippen molar-refractivity contribution < 1.29 is 4.74 Å². The maximum atomic E-state index is 5.32. The van der Waals surface area contributed by atoms with Crippen molar-refractivity contribution in [3.8, 4) is 17.0 Å². The highest BCUT2D eigenvalue weighted by Gasteiger charge is 2.40. The monoisotopic (exact) mass is 433 g/mol. The number of methoxy groups -OCH3 is 1. The molecule has 170 valence electrons. The first-order valence-electron chi connectivity index (χ1n) is 11.3. The van der Waals surface area contributed by atoms with Gasteiger partial charge in [0.2, 0.25) is 0 Å². The van der Waals surface area contributed by atoms with Crippen LogP contribution in [0.3, 0.4) is 0 Å². The lowest BCUT2D eigenvalue weighted by Gasteiger charge is -2.49. The van der Waals surface area contributed by atoms with Crippen molar-refractivity contribution in [2.45, 2.75) is 70.7 Å². The first-order chi connectivity index (χ1) is 15.2. The predicted molar refractivity (Wildman–Crippen MR) is 128 cm³/mol. The molecular weight excluding hydrogens is 398 g/mol. The molecule has 0 unspecified atom stereocenters. The number of nitrogens with zero attached hydrogens (tertiary/aromatic N) is 3. The summed E-state index contributed by atoms with van der Waals surface area (Å²) in [5.74, 6) is 0.855. The number of aromatic nitrogens is 3. The number of hydrogen-bond acceptors (Lipinski definition) is 5. The van der Waals surface area contributed by atoms with Crippen LogP contribution in [-0.4, -0.2) is 44.3 Å². The van der Waals surface area contributed by atoms with Crippen LogP contribution in [0.2, 0.25) is 0 Å². The topological polar surface area (TPSA) is 66.1 Å². The Morgan fingerprint density at radius 1 is 0.969 bits per heavy atom. The Labute approximate surface area is 191 Å². The molecule has 1 aromatic carbocycles. The Morgan fingerprint density at radius 3 is 2.25 bits per heavy atom. The molecule has 1 aliphatic rings. The summed E-state index contributed by atoms with van der Waals surface area (Å²) in [7, 11) is 1.69. The Bertz CT molecular complexity index is 994. The molecule has 0 radical (unpaired) electrons. The van der Waals surface area contributed by atoms with E-state index < -0.39 is 0 Å². The highest BCUT2D eigenvalue weighted by molar-refractivity contribution is 5.63. The van der Waals surface area contributed by atoms with Gasteiger partial charge in [0.1, 0.15) is 5.75 Å². The van der Waals surface area contributed by atoms with Gasteiger partial charge in [0.05, 0.1) is 19.0 Å². The van der Waals surface area contributed by atoms with Gasteiger partial charge >= 0.3 is 0 Å². The van der Waals surface area contributed by atoms with E-state index in [0.29, 0.717) is 6.04 Å². The van der Waals surface area contributed by atoms with Crippen LogP contribution in [0.5, 0.6) is 5.75 Å². The molecule has 0 saturated carbocycles. The van der Waals surface area contributed by atoms with Crippen LogP contribution in [0.1, 0.15) is 51.7 Å². The molecule has 1 saturated heterocycles. The van der Waals surface area contributed by atoms with E-state index in [2.05, 4.69) is 77.4 Å². The Morgan fingerprint density at radius 2 is 1.62 bits per heavy atom. The van der Waals surface area contributed by atoms with Crippen molar-refractivity contribution in [1.29, 1.82) is 0 Å². The van der Waals surface area contributed by atoms with Gasteiger partial charge in [-0.25, -0.2) is 0 Å². The second-order valence-electron chi connectivity index (χ2n) is 10.2. The molecule has 32 heavy (non-hydrogen) atoms. The van der Waals surface area contributed by atoms with E-state index in [-0.39, 0.29) is 11.1 Å². The molecule has 0 aliphatic carbocycles. The van der Waals surface area contributed by atoms with Gasteiger partial charge in [-0.1, -0.05) is 0 Å². The third kappa shape index (κ3) is 5.37. The quantitative estimate of drug-likeness (QED) is 0.561. The fourth-order valence-electron chi connectivity index (χ4n) is 5.22. The Kier molecular flexibility index (Phi) is 6.35. The molecule has 6 nitrogen and oxygen atoms in total. The largest absolute Gasteiger partial charge is 0.497 e. The van der Waals surface area contributed by atoms with E-state index in [1.807, 2.05) is 30.7 Å². The van der Waals surface area contributed by atoms with Crippen molar-refractivity contribution in [2.75, 3.05) is 7.11 Å². The fraction of sp³-hybridized carbons (Fsp3) is 0.462. The molecule has 2 aromatic heterocycles. The third-order valence-electron chi connectivity index (χ3n) is 6.29. The predicted octanol–water partition coefficient (Wildman–Crippen LogP) is 4.79. The second-order valence-corrected chi connectivity index (χ2v) is 10.2. The number of hydrogen-bond donors (Lipinski definition) is 2. The van der Waals surface area contributed by atoms with Crippen LogP contribution in [0.15, 0.2) is 55.0 Å². The van der Waals surface area contributed by atoms with Gasteiger partial charge in [0, 0.05) is 53.7 Å². The van der Waals surface area contributed by atoms with E-state index in [0.717, 1.165) is 42.9 Å². The molecule has 0 bridgehead atoms. The van der Waals surface area contributed by atoms with Crippen molar-refractivity contribution in [3.05, 3.63) is 66.1 Å². The average Bonchev–Trinajstić information content (AvgIpc) is 3.20. The summed E-state index contributed by atoms with van der Waals surface area (Å²) < 4.78 is 5.32. The summed E-state index contributed by atoms with van der Waals surface area (Å²) in [4.78, 5) is 6.81. The second kappa shape index (κ2) is 9.04. The summed E-state index contributed by atoms with van der Waals surface area (Å²) in [6.45, 7) is 11.0. The van der Waals surface area contributed by atoms with Gasteiger partial charge in [0.25, 0.3) is 0 Å². The molecule has 0 atom stereocenters. The zero-order valence-corrected chi connectivity index (χ0v) is 19.9. The summed E-state index contributed by atoms with van der Waals surface area (Å²) in [5.41, 5.74) is 4.84. The molecule has 3 heterocycles. The van der Waals surface area contributed by atoms with E-state index in [1.54, 1.807) is 7.11 Å². The maximum Gasteiger partial charge on any atom is 0.118 e. The van der Waals surface area contributed by atoms with Gasteiger partial charge < -0.3 is 10.1 Å². The van der Waals surface area contributed by atoms with E-state index in [4.69, 9.17) is 4.74 Å². The van der Waals surface area contributed by atoms with E-state index in [1.165, 1.54) is 11.1 Å². The molecule has 0 amide bonds. The number of pyridine rings is 1. The lowest BCUT2D eigenvalue weighted by Crippen LogP contribution is -2.62. The number of aromatic amines is 1. The number of benzene rings is 1. The summed E-state index contributed by atoms with van der Waals surface area (Å²) >= 11 is 0. The van der Waals surface area contributed by atoms with Gasteiger partial charge in [-0.2, -0.15) is 5.10 Å². The van der Waals surface area contributed by atoms with Gasteiger partial charge in [-0.3, -0.25) is 15.0 Å². The maximum absolute atomic E-state index is 5.32. The smallest absolute Gasteiger partial charge is 0.118 e. The van der Waals surface area contributed by atoms with Gasteiger partial charge in [-0.15, -0.1) is 0 Å². The lowest BCUT2D eigenvalue weighted by molar-refractivity contribution is 0.0564. The van der Waals surface area contributed by atoms with Crippen LogP contribution < -0.4 is 10.1 Å². The van der Waals surface area contributed by atoms with Crippen molar-refractivity contribution in [1.82, 2.24) is 25.4 Å². The number of rotatable bonds is 7. The summed E-state index contributed by atoms with van der Waals surface area (Å²) in [6, 6.07) is 12.8. The normalized spacial score (nSPS) is 18.1. The van der Waals surface area contributed by atoms with Crippen LogP contribution in [0.4, 0.5) is 0 Å². The lowest BCUT2D eigenvalue weighted by atomic mass is 9.78. The number of nitrogens with one attached hydrogen (secondary N) is 2. The van der Waals surface area contributed by atoms with Gasteiger partial charge in [-0.05, 0) is 82.5 Å². The molecule has 1 fully saturated rings. The number of ether oxygens (including phenoxy) is 1. The Balaban J connectivity index is 1.63. The molecule has 0 spiro atoms. The van der Waals surface area contributed by atoms with E-state index >= 15 is 0 Å². The molecule has 4 rings (SSSR count). The highest BCUT2D eigenvalue weighted by Crippen LogP contribution is 2.34. The zero-order valence-electron chi connectivity index (χ0n) is 19.9. The third-order valence-corrected chi connectivity index (χ3v) is 6.29. The minimum absolute atomic E-state index is 0.0815. The van der Waals surface area contributed by atoms with Crippen molar-refractivity contribution in [2.24, 2.45) is 0 Å². The summed E-state index contributed by atoms with van der Waals surface area (Å²) in [6.07, 6.45) is 7.92. The summed E-state index contributed by atoms with van der Waals surface area (Å²) in [5, 5.41) is 11.4. The van der Waals surface area contributed by atoms with Crippen LogP contribution >= 0.6 is 0 Å². The minimum atomic E-state index is 0.0815. The highest BCUT2D eigenvalue weighted by atomic mass is 16.5. The van der Waals surface area contributed by atoms with Crippen LogP contribution in [0, 0.1) is 0 Å². The minimum Gasteiger partial charge on any atom is -0.497 e. The average molecular weight is 434 g/mol. The number of piperidine rings is 1.